The molecule has 0 aromatic rings. The molecule has 0 aromatic heterocycles. The molecule has 0 saturated heterocycles. The van der Waals surface area contributed by atoms with Gasteiger partial charge in [-0.05, 0) is 19.3 Å². The fraction of sp³-hybridized carbons (Fsp3) is 0.880. The highest BCUT2D eigenvalue weighted by molar-refractivity contribution is 5.67. The molecular weight excluding hydrogens is 466 g/mol. The Labute approximate surface area is 218 Å². The SMILES string of the molecule is CCCCCCCC(=O)O.NCCNCCNCCNCCN.O=C(O)CCCCCCCC(=O)O. The predicted octanol–water partition coefficient (Wildman–Crippen LogP) is 1.99. The van der Waals surface area contributed by atoms with E-state index in [4.69, 9.17) is 26.8 Å². The minimum atomic E-state index is -0.759. The number of unbranched alkanes of at least 4 members (excludes halogenated alkanes) is 8. The minimum Gasteiger partial charge on any atom is -0.481 e. The molecule has 0 heterocycles. The largest absolute Gasteiger partial charge is 0.481 e. The smallest absolute Gasteiger partial charge is 0.303 e. The molecule has 0 aliphatic rings. The van der Waals surface area contributed by atoms with Crippen molar-refractivity contribution in [3.05, 3.63) is 0 Å². The quantitative estimate of drug-likeness (QED) is 0.0863. The third-order valence-electron chi connectivity index (χ3n) is 4.87. The zero-order valence-corrected chi connectivity index (χ0v) is 22.6. The van der Waals surface area contributed by atoms with Crippen molar-refractivity contribution in [2.24, 2.45) is 11.5 Å². The fourth-order valence-electron chi connectivity index (χ4n) is 2.90. The van der Waals surface area contributed by atoms with Crippen molar-refractivity contribution in [2.45, 2.75) is 90.4 Å². The van der Waals surface area contributed by atoms with E-state index in [1.165, 1.54) is 19.3 Å². The van der Waals surface area contributed by atoms with Crippen LogP contribution in [0.25, 0.3) is 0 Å². The van der Waals surface area contributed by atoms with Crippen LogP contribution in [0.5, 0.6) is 0 Å². The molecule has 0 aliphatic carbocycles. The lowest BCUT2D eigenvalue weighted by atomic mass is 10.1. The average molecular weight is 522 g/mol. The maximum atomic E-state index is 10.1. The molecule has 11 heteroatoms. The highest BCUT2D eigenvalue weighted by Gasteiger charge is 1.98. The minimum absolute atomic E-state index is 0.221. The van der Waals surface area contributed by atoms with E-state index >= 15 is 0 Å². The Morgan fingerprint density at radius 1 is 0.500 bits per heavy atom. The summed E-state index contributed by atoms with van der Waals surface area (Å²) in [6.07, 6.45) is 10.4. The topological polar surface area (TPSA) is 200 Å². The van der Waals surface area contributed by atoms with Crippen molar-refractivity contribution in [3.63, 3.8) is 0 Å². The standard InChI is InChI=1S/C9H16O4.C8H23N5.C8H16O2/c10-8(11)6-4-2-1-3-5-7-9(12)13;9-1-3-11-5-7-13-8-6-12-4-2-10;1-2-3-4-5-6-7-8(9)10/h1-7H2,(H,10,11)(H,12,13);11-13H,1-10H2;2-7H2,1H3,(H,9,10). The van der Waals surface area contributed by atoms with Crippen molar-refractivity contribution in [1.82, 2.24) is 16.0 Å². The van der Waals surface area contributed by atoms with E-state index in [1.807, 2.05) is 0 Å². The number of rotatable bonds is 24. The first-order chi connectivity index (χ1) is 17.3. The van der Waals surface area contributed by atoms with Gasteiger partial charge in [0.2, 0.25) is 0 Å². The van der Waals surface area contributed by atoms with Gasteiger partial charge in [0, 0.05) is 71.6 Å². The van der Waals surface area contributed by atoms with Crippen LogP contribution in [0.3, 0.4) is 0 Å². The van der Waals surface area contributed by atoms with Crippen molar-refractivity contribution in [1.29, 1.82) is 0 Å². The Balaban J connectivity index is -0.000000459. The molecule has 0 spiro atoms. The number of hydrogen-bond acceptors (Lipinski definition) is 8. The monoisotopic (exact) mass is 521 g/mol. The van der Waals surface area contributed by atoms with E-state index in [-0.39, 0.29) is 12.8 Å². The van der Waals surface area contributed by atoms with E-state index in [0.29, 0.717) is 32.4 Å². The van der Waals surface area contributed by atoms with Gasteiger partial charge in [-0.25, -0.2) is 0 Å². The molecule has 36 heavy (non-hydrogen) atoms. The van der Waals surface area contributed by atoms with Gasteiger partial charge in [-0.3, -0.25) is 14.4 Å². The van der Waals surface area contributed by atoms with Gasteiger partial charge in [0.15, 0.2) is 0 Å². The van der Waals surface area contributed by atoms with Gasteiger partial charge in [-0.1, -0.05) is 51.9 Å². The molecule has 0 unspecified atom stereocenters. The molecule has 0 rings (SSSR count). The molecule has 0 radical (unpaired) electrons. The van der Waals surface area contributed by atoms with E-state index in [2.05, 4.69) is 22.9 Å². The van der Waals surface area contributed by atoms with Crippen LogP contribution in [0.1, 0.15) is 90.4 Å². The summed E-state index contributed by atoms with van der Waals surface area (Å²) < 4.78 is 0. The van der Waals surface area contributed by atoms with E-state index < -0.39 is 17.9 Å². The first-order valence-electron chi connectivity index (χ1n) is 13.5. The summed E-state index contributed by atoms with van der Waals surface area (Å²) in [6.45, 7) is 9.30. The molecule has 0 aliphatic heterocycles. The Hall–Kier alpha value is -1.79. The summed E-state index contributed by atoms with van der Waals surface area (Å²) in [6, 6.07) is 0. The summed E-state index contributed by atoms with van der Waals surface area (Å²) >= 11 is 0. The number of carboxylic acid groups (broad SMARTS) is 3. The van der Waals surface area contributed by atoms with Crippen molar-refractivity contribution in [3.8, 4) is 0 Å². The van der Waals surface area contributed by atoms with Crippen molar-refractivity contribution < 1.29 is 29.7 Å². The Morgan fingerprint density at radius 3 is 1.06 bits per heavy atom. The van der Waals surface area contributed by atoms with Gasteiger partial charge in [0.05, 0.1) is 0 Å². The lowest BCUT2D eigenvalue weighted by Gasteiger charge is -2.06. The molecule has 0 saturated carbocycles. The van der Waals surface area contributed by atoms with E-state index in [9.17, 15) is 14.4 Å². The summed E-state index contributed by atoms with van der Waals surface area (Å²) in [5, 5.41) is 34.6. The molecule has 10 N–H and O–H groups in total. The number of carbonyl (C=O) groups is 3. The summed E-state index contributed by atoms with van der Waals surface area (Å²) in [7, 11) is 0. The lowest BCUT2D eigenvalue weighted by Crippen LogP contribution is -2.35. The molecule has 0 bridgehead atoms. The molecule has 0 fully saturated rings. The molecule has 0 atom stereocenters. The van der Waals surface area contributed by atoms with Crippen molar-refractivity contribution in [2.75, 3.05) is 52.4 Å². The Kier molecular flexibility index (Phi) is 38.1. The second-order valence-electron chi connectivity index (χ2n) is 8.44. The molecule has 0 aromatic carbocycles. The Morgan fingerprint density at radius 2 is 0.778 bits per heavy atom. The fourth-order valence-corrected chi connectivity index (χ4v) is 2.90. The normalized spacial score (nSPS) is 10.1. The number of nitrogens with two attached hydrogens (primary N) is 2. The third kappa shape index (κ3) is 49.4. The molecule has 216 valence electrons. The number of aliphatic carboxylic acids is 3. The predicted molar refractivity (Wildman–Crippen MR) is 145 cm³/mol. The number of carboxylic acids is 3. The van der Waals surface area contributed by atoms with Crippen LogP contribution >= 0.6 is 0 Å². The third-order valence-corrected chi connectivity index (χ3v) is 4.87. The van der Waals surface area contributed by atoms with Crippen LogP contribution < -0.4 is 27.4 Å². The van der Waals surface area contributed by atoms with Crippen LogP contribution in [-0.2, 0) is 14.4 Å². The summed E-state index contributed by atoms with van der Waals surface area (Å²) in [5.74, 6) is -2.19. The van der Waals surface area contributed by atoms with Crippen LogP contribution in [0.2, 0.25) is 0 Å². The van der Waals surface area contributed by atoms with Crippen LogP contribution in [0, 0.1) is 0 Å². The first kappa shape index (κ1) is 38.7. The Bertz CT molecular complexity index is 456. The summed E-state index contributed by atoms with van der Waals surface area (Å²) in [4.78, 5) is 30.2. The number of nitrogens with one attached hydrogen (secondary N) is 3. The van der Waals surface area contributed by atoms with Crippen LogP contribution in [0.15, 0.2) is 0 Å². The summed E-state index contributed by atoms with van der Waals surface area (Å²) in [5.41, 5.74) is 10.6. The molecular formula is C25H55N5O6. The highest BCUT2D eigenvalue weighted by Crippen LogP contribution is 2.07. The van der Waals surface area contributed by atoms with Gasteiger partial charge in [0.25, 0.3) is 0 Å². The maximum Gasteiger partial charge on any atom is 0.303 e. The van der Waals surface area contributed by atoms with E-state index in [0.717, 1.165) is 71.4 Å². The zero-order valence-electron chi connectivity index (χ0n) is 22.6. The van der Waals surface area contributed by atoms with Gasteiger partial charge in [-0.2, -0.15) is 0 Å². The number of hydrogen-bond donors (Lipinski definition) is 8. The molecule has 0 amide bonds. The van der Waals surface area contributed by atoms with Gasteiger partial charge >= 0.3 is 17.9 Å². The van der Waals surface area contributed by atoms with Gasteiger partial charge in [-0.15, -0.1) is 0 Å². The molecule has 11 nitrogen and oxygen atoms in total. The van der Waals surface area contributed by atoms with Gasteiger partial charge in [0.1, 0.15) is 0 Å². The second-order valence-corrected chi connectivity index (χ2v) is 8.44. The van der Waals surface area contributed by atoms with Crippen molar-refractivity contribution >= 4 is 17.9 Å². The lowest BCUT2D eigenvalue weighted by molar-refractivity contribution is -0.138. The second kappa shape index (κ2) is 35.4. The first-order valence-corrected chi connectivity index (χ1v) is 13.5. The van der Waals surface area contributed by atoms with Gasteiger partial charge < -0.3 is 42.7 Å². The van der Waals surface area contributed by atoms with E-state index in [1.54, 1.807) is 0 Å². The zero-order chi connectivity index (χ0) is 27.7. The van der Waals surface area contributed by atoms with Crippen LogP contribution in [-0.4, -0.2) is 85.6 Å². The highest BCUT2D eigenvalue weighted by atomic mass is 16.4. The van der Waals surface area contributed by atoms with Crippen LogP contribution in [0.4, 0.5) is 0 Å². The average Bonchev–Trinajstić information content (AvgIpc) is 2.82. The maximum absolute atomic E-state index is 10.1.